The first kappa shape index (κ1) is 11.9. The molecule has 1 fully saturated rings. The summed E-state index contributed by atoms with van der Waals surface area (Å²) in [6.45, 7) is 5.35. The van der Waals surface area contributed by atoms with E-state index in [0.29, 0.717) is 24.8 Å². The third-order valence-electron chi connectivity index (χ3n) is 2.69. The molecule has 1 atom stereocenters. The Labute approximate surface area is 103 Å². The van der Waals surface area contributed by atoms with Crippen LogP contribution in [0.1, 0.15) is 5.56 Å². The molecule has 0 aromatic carbocycles. The molecule has 17 heavy (non-hydrogen) atoms. The zero-order valence-corrected chi connectivity index (χ0v) is 9.88. The highest BCUT2D eigenvalue weighted by Crippen LogP contribution is 2.14. The summed E-state index contributed by atoms with van der Waals surface area (Å²) in [4.78, 5) is 16.3. The normalized spacial score (nSPS) is 20.8. The van der Waals surface area contributed by atoms with Crippen molar-refractivity contribution in [3.8, 4) is 0 Å². The molecule has 0 bridgehead atoms. The van der Waals surface area contributed by atoms with Crippen molar-refractivity contribution in [2.24, 2.45) is 0 Å². The maximum absolute atomic E-state index is 10.9. The van der Waals surface area contributed by atoms with Gasteiger partial charge in [0.05, 0.1) is 6.54 Å². The predicted molar refractivity (Wildman–Crippen MR) is 62.7 cm³/mol. The summed E-state index contributed by atoms with van der Waals surface area (Å²) in [6, 6.07) is 3.49. The van der Waals surface area contributed by atoms with Gasteiger partial charge in [0, 0.05) is 12.7 Å². The number of nitro groups is 1. The van der Waals surface area contributed by atoms with Crippen LogP contribution in [0, 0.1) is 10.1 Å². The first-order chi connectivity index (χ1) is 8.08. The average Bonchev–Trinajstić information content (AvgIpc) is 2.63. The fourth-order valence-corrected chi connectivity index (χ4v) is 1.99. The van der Waals surface area contributed by atoms with Crippen LogP contribution in [0.4, 0.5) is 0 Å². The molecule has 1 unspecified atom stereocenters. The van der Waals surface area contributed by atoms with E-state index in [1.165, 1.54) is 4.58 Å². The van der Waals surface area contributed by atoms with Gasteiger partial charge in [0.15, 0.2) is 6.54 Å². The van der Waals surface area contributed by atoms with Crippen molar-refractivity contribution in [2.45, 2.75) is 12.8 Å². The lowest BCUT2D eigenvalue weighted by atomic mass is 10.3. The Morgan fingerprint density at radius 1 is 1.71 bits per heavy atom. The first-order valence-electron chi connectivity index (χ1n) is 5.13. The summed E-state index contributed by atoms with van der Waals surface area (Å²) in [6.07, 6.45) is 0.774. The molecule has 1 saturated heterocycles. The average molecular weight is 256 g/mol. The van der Waals surface area contributed by atoms with Crippen LogP contribution in [0.5, 0.6) is 0 Å². The van der Waals surface area contributed by atoms with Crippen LogP contribution in [-0.2, 0) is 6.54 Å². The Kier molecular flexibility index (Phi) is 3.35. The van der Waals surface area contributed by atoms with Crippen LogP contribution < -0.4 is 0 Å². The quantitative estimate of drug-likeness (QED) is 0.347. The molecule has 2 heterocycles. The molecule has 1 aliphatic rings. The number of rotatable bonds is 3. The fourth-order valence-electron chi connectivity index (χ4n) is 1.88. The molecule has 0 saturated carbocycles. The lowest BCUT2D eigenvalue weighted by molar-refractivity contribution is -0.761. The Morgan fingerprint density at radius 3 is 3.06 bits per heavy atom. The van der Waals surface area contributed by atoms with Gasteiger partial charge >= 0.3 is 6.29 Å². The topological polar surface area (TPSA) is 62.3 Å². The molecule has 0 radical (unpaired) electrons. The maximum Gasteiger partial charge on any atom is 0.463 e. The number of nitrogens with zero attached hydrogens (tertiary/aromatic N) is 4. The Bertz CT molecular complexity index is 448. The summed E-state index contributed by atoms with van der Waals surface area (Å²) in [5.74, 6) is 0. The van der Waals surface area contributed by atoms with E-state index in [2.05, 4.69) is 11.7 Å². The number of hydrogen-bond acceptors (Lipinski definition) is 4. The molecule has 0 N–H and O–H groups in total. The molecule has 90 valence electrons. The Balaban J connectivity index is 2.10. The van der Waals surface area contributed by atoms with E-state index >= 15 is 0 Å². The lowest BCUT2D eigenvalue weighted by Gasteiger charge is -2.12. The molecular weight excluding hydrogens is 244 g/mol. The SMILES string of the molecule is C=[N+]1CCN(Cc2ccc(Cl)nc2)C1[N+](=O)[O-]. The van der Waals surface area contributed by atoms with Gasteiger partial charge in [-0.25, -0.2) is 4.98 Å². The summed E-state index contributed by atoms with van der Waals surface area (Å²) < 4.78 is 1.48. The molecule has 1 aromatic rings. The van der Waals surface area contributed by atoms with Crippen LogP contribution in [0.25, 0.3) is 0 Å². The molecule has 1 aliphatic heterocycles. The molecule has 0 aliphatic carbocycles. The van der Waals surface area contributed by atoms with Crippen molar-refractivity contribution >= 4 is 18.3 Å². The minimum absolute atomic E-state index is 0.330. The van der Waals surface area contributed by atoms with E-state index in [0.717, 1.165) is 5.56 Å². The molecule has 2 rings (SSSR count). The van der Waals surface area contributed by atoms with E-state index in [1.54, 1.807) is 17.2 Å². The van der Waals surface area contributed by atoms with Crippen molar-refractivity contribution in [2.75, 3.05) is 13.1 Å². The van der Waals surface area contributed by atoms with Crippen LogP contribution in [0.15, 0.2) is 18.3 Å². The zero-order valence-electron chi connectivity index (χ0n) is 9.12. The van der Waals surface area contributed by atoms with E-state index < -0.39 is 6.29 Å². The standard InChI is InChI=1S/C10H12ClN4O2/c1-13-4-5-14(10(13)15(16)17)7-8-2-3-9(11)12-6-8/h2-3,6,10H,1,4-5,7H2/q+1. The van der Waals surface area contributed by atoms with Crippen molar-refractivity contribution in [1.82, 2.24) is 9.88 Å². The van der Waals surface area contributed by atoms with Gasteiger partial charge < -0.3 is 0 Å². The molecule has 0 spiro atoms. The summed E-state index contributed by atoms with van der Waals surface area (Å²) in [5.41, 5.74) is 0.900. The monoisotopic (exact) mass is 255 g/mol. The summed E-state index contributed by atoms with van der Waals surface area (Å²) in [5, 5.41) is 11.3. The van der Waals surface area contributed by atoms with Crippen LogP contribution in [-0.4, -0.2) is 45.5 Å². The number of pyridine rings is 1. The summed E-state index contributed by atoms with van der Waals surface area (Å²) >= 11 is 5.68. The van der Waals surface area contributed by atoms with E-state index in [4.69, 9.17) is 11.6 Å². The second-order valence-electron chi connectivity index (χ2n) is 3.90. The van der Waals surface area contributed by atoms with E-state index in [-0.39, 0.29) is 4.92 Å². The predicted octanol–water partition coefficient (Wildman–Crippen LogP) is 0.824. The fraction of sp³-hybridized carbons (Fsp3) is 0.400. The number of aromatic nitrogens is 1. The molecule has 0 amide bonds. The molecular formula is C10H12ClN4O2+. The third kappa shape index (κ3) is 2.59. The van der Waals surface area contributed by atoms with Crippen LogP contribution >= 0.6 is 11.6 Å². The number of halogens is 1. The van der Waals surface area contributed by atoms with Gasteiger partial charge in [0.25, 0.3) is 0 Å². The highest BCUT2D eigenvalue weighted by atomic mass is 35.5. The molecule has 1 aromatic heterocycles. The zero-order chi connectivity index (χ0) is 12.4. The van der Waals surface area contributed by atoms with Crippen molar-refractivity contribution in [3.63, 3.8) is 0 Å². The van der Waals surface area contributed by atoms with Gasteiger partial charge in [-0.3, -0.25) is 10.1 Å². The van der Waals surface area contributed by atoms with Crippen molar-refractivity contribution in [1.29, 1.82) is 0 Å². The Morgan fingerprint density at radius 2 is 2.47 bits per heavy atom. The maximum atomic E-state index is 10.9. The van der Waals surface area contributed by atoms with E-state index in [1.807, 2.05) is 6.07 Å². The van der Waals surface area contributed by atoms with Gasteiger partial charge in [0.1, 0.15) is 16.8 Å². The van der Waals surface area contributed by atoms with Crippen LogP contribution in [0.2, 0.25) is 5.15 Å². The highest BCUT2D eigenvalue weighted by Gasteiger charge is 2.43. The van der Waals surface area contributed by atoms with Gasteiger partial charge in [-0.2, -0.15) is 9.48 Å². The van der Waals surface area contributed by atoms with Gasteiger partial charge in [-0.1, -0.05) is 17.7 Å². The lowest BCUT2D eigenvalue weighted by Crippen LogP contribution is -2.40. The minimum Gasteiger partial charge on any atom is -0.257 e. The van der Waals surface area contributed by atoms with E-state index in [9.17, 15) is 10.1 Å². The van der Waals surface area contributed by atoms with Gasteiger partial charge in [-0.05, 0) is 11.6 Å². The first-order valence-corrected chi connectivity index (χ1v) is 5.51. The highest BCUT2D eigenvalue weighted by molar-refractivity contribution is 6.29. The second kappa shape index (κ2) is 4.77. The van der Waals surface area contributed by atoms with Gasteiger partial charge in [0.2, 0.25) is 0 Å². The van der Waals surface area contributed by atoms with Crippen LogP contribution in [0.3, 0.4) is 0 Å². The molecule has 6 nitrogen and oxygen atoms in total. The summed E-state index contributed by atoms with van der Waals surface area (Å²) in [7, 11) is 0. The van der Waals surface area contributed by atoms with Crippen molar-refractivity contribution < 1.29 is 9.50 Å². The minimum atomic E-state index is -0.856. The van der Waals surface area contributed by atoms with Crippen molar-refractivity contribution in [3.05, 3.63) is 39.2 Å². The number of hydrogen-bond donors (Lipinski definition) is 0. The van der Waals surface area contributed by atoms with Gasteiger partial charge in [-0.15, -0.1) is 0 Å². The Hall–Kier alpha value is -1.53. The second-order valence-corrected chi connectivity index (χ2v) is 4.29. The third-order valence-corrected chi connectivity index (χ3v) is 2.91. The molecule has 7 heteroatoms. The largest absolute Gasteiger partial charge is 0.463 e. The smallest absolute Gasteiger partial charge is 0.257 e.